The van der Waals surface area contributed by atoms with E-state index in [0.717, 1.165) is 24.4 Å². The summed E-state index contributed by atoms with van der Waals surface area (Å²) in [6.45, 7) is 7.17. The quantitative estimate of drug-likeness (QED) is 0.818. The average molecular weight is 287 g/mol. The fraction of sp³-hybridized carbons (Fsp3) is 0.400. The van der Waals surface area contributed by atoms with Crippen molar-refractivity contribution in [3.05, 3.63) is 41.0 Å². The lowest BCUT2D eigenvalue weighted by Gasteiger charge is -2.08. The van der Waals surface area contributed by atoms with E-state index in [1.807, 2.05) is 24.6 Å². The van der Waals surface area contributed by atoms with E-state index in [2.05, 4.69) is 15.4 Å². The lowest BCUT2D eigenvalue weighted by Crippen LogP contribution is -2.26. The summed E-state index contributed by atoms with van der Waals surface area (Å²) in [6, 6.07) is 3.69. The maximum Gasteiger partial charge on any atom is 0.253 e. The van der Waals surface area contributed by atoms with Gasteiger partial charge in [0, 0.05) is 18.8 Å². The van der Waals surface area contributed by atoms with E-state index in [1.54, 1.807) is 19.2 Å². The van der Waals surface area contributed by atoms with Gasteiger partial charge in [0.15, 0.2) is 0 Å². The van der Waals surface area contributed by atoms with Gasteiger partial charge in [-0.15, -0.1) is 0 Å². The van der Waals surface area contributed by atoms with Crippen molar-refractivity contribution in [1.29, 1.82) is 0 Å². The highest BCUT2D eigenvalue weighted by atomic mass is 16.1. The van der Waals surface area contributed by atoms with Crippen LogP contribution in [-0.2, 0) is 6.54 Å². The number of aryl methyl sites for hydroxylation is 4. The number of nitrogens with two attached hydrogens (primary N) is 1. The molecule has 0 aliphatic rings. The lowest BCUT2D eigenvalue weighted by atomic mass is 10.2. The van der Waals surface area contributed by atoms with Crippen molar-refractivity contribution in [2.24, 2.45) is 0 Å². The smallest absolute Gasteiger partial charge is 0.253 e. The third-order valence-corrected chi connectivity index (χ3v) is 3.29. The van der Waals surface area contributed by atoms with Crippen LogP contribution in [0.25, 0.3) is 0 Å². The number of aromatic nitrogens is 3. The molecule has 3 N–H and O–H groups in total. The Hall–Kier alpha value is -2.37. The third kappa shape index (κ3) is 3.81. The Kier molecular flexibility index (Phi) is 4.57. The molecular weight excluding hydrogens is 266 g/mol. The van der Waals surface area contributed by atoms with Crippen LogP contribution in [0.15, 0.2) is 18.3 Å². The van der Waals surface area contributed by atoms with Crippen molar-refractivity contribution < 1.29 is 4.79 Å². The van der Waals surface area contributed by atoms with Gasteiger partial charge in [-0.2, -0.15) is 5.10 Å². The number of hydrogen-bond donors (Lipinski definition) is 2. The first-order valence-electron chi connectivity index (χ1n) is 6.98. The van der Waals surface area contributed by atoms with Gasteiger partial charge in [-0.25, -0.2) is 0 Å². The van der Waals surface area contributed by atoms with E-state index in [-0.39, 0.29) is 5.91 Å². The number of anilines is 1. The Labute approximate surface area is 124 Å². The topological polar surface area (TPSA) is 85.8 Å². The van der Waals surface area contributed by atoms with Gasteiger partial charge in [-0.3, -0.25) is 14.5 Å². The van der Waals surface area contributed by atoms with Crippen LogP contribution in [0, 0.1) is 20.8 Å². The van der Waals surface area contributed by atoms with Gasteiger partial charge in [0.25, 0.3) is 5.91 Å². The van der Waals surface area contributed by atoms with Gasteiger partial charge in [-0.1, -0.05) is 0 Å². The number of pyridine rings is 1. The van der Waals surface area contributed by atoms with Gasteiger partial charge < -0.3 is 11.1 Å². The molecule has 112 valence electrons. The molecule has 21 heavy (non-hydrogen) atoms. The van der Waals surface area contributed by atoms with Gasteiger partial charge >= 0.3 is 0 Å². The zero-order valence-corrected chi connectivity index (χ0v) is 12.7. The van der Waals surface area contributed by atoms with E-state index in [9.17, 15) is 4.79 Å². The SMILES string of the molecule is Cc1cc(C)n(CCCNC(=O)c2cc(N)cnc2C)n1. The maximum absolute atomic E-state index is 12.1. The maximum atomic E-state index is 12.1. The molecule has 2 rings (SSSR count). The summed E-state index contributed by atoms with van der Waals surface area (Å²) in [4.78, 5) is 16.2. The fourth-order valence-corrected chi connectivity index (χ4v) is 2.21. The van der Waals surface area contributed by atoms with E-state index in [4.69, 9.17) is 5.73 Å². The molecule has 0 fully saturated rings. The number of nitrogens with zero attached hydrogens (tertiary/aromatic N) is 3. The van der Waals surface area contributed by atoms with E-state index in [0.29, 0.717) is 23.5 Å². The standard InChI is InChI=1S/C15H21N5O/c1-10-7-11(2)20(19-10)6-4-5-17-15(21)14-8-13(16)9-18-12(14)3/h7-9H,4-6,16H2,1-3H3,(H,17,21). The molecule has 6 nitrogen and oxygen atoms in total. The van der Waals surface area contributed by atoms with Crippen LogP contribution in [0.2, 0.25) is 0 Å². The van der Waals surface area contributed by atoms with Crippen molar-refractivity contribution in [3.63, 3.8) is 0 Å². The molecule has 0 aliphatic carbocycles. The van der Waals surface area contributed by atoms with Crippen molar-refractivity contribution in [2.75, 3.05) is 12.3 Å². The van der Waals surface area contributed by atoms with Crippen LogP contribution >= 0.6 is 0 Å². The third-order valence-electron chi connectivity index (χ3n) is 3.29. The Morgan fingerprint density at radius 2 is 2.10 bits per heavy atom. The number of carbonyl (C=O) groups excluding carboxylic acids is 1. The van der Waals surface area contributed by atoms with E-state index >= 15 is 0 Å². The molecule has 0 spiro atoms. The summed E-state index contributed by atoms with van der Waals surface area (Å²) in [5.41, 5.74) is 9.51. The van der Waals surface area contributed by atoms with Gasteiger partial charge in [0.1, 0.15) is 0 Å². The summed E-state index contributed by atoms with van der Waals surface area (Å²) in [7, 11) is 0. The molecule has 0 atom stereocenters. The molecule has 0 unspecified atom stereocenters. The number of carbonyl (C=O) groups is 1. The average Bonchev–Trinajstić information content (AvgIpc) is 2.75. The Balaban J connectivity index is 1.84. The molecular formula is C15H21N5O. The van der Waals surface area contributed by atoms with Crippen LogP contribution in [-0.4, -0.2) is 27.2 Å². The molecule has 0 radical (unpaired) electrons. The van der Waals surface area contributed by atoms with Gasteiger partial charge in [0.2, 0.25) is 0 Å². The van der Waals surface area contributed by atoms with E-state index < -0.39 is 0 Å². The summed E-state index contributed by atoms with van der Waals surface area (Å²) in [5, 5.41) is 7.28. The monoisotopic (exact) mass is 287 g/mol. The zero-order valence-electron chi connectivity index (χ0n) is 12.7. The van der Waals surface area contributed by atoms with Crippen LogP contribution in [0.4, 0.5) is 5.69 Å². The van der Waals surface area contributed by atoms with E-state index in [1.165, 1.54) is 0 Å². The molecule has 0 aliphatic heterocycles. The van der Waals surface area contributed by atoms with Crippen molar-refractivity contribution in [1.82, 2.24) is 20.1 Å². The highest BCUT2D eigenvalue weighted by molar-refractivity contribution is 5.95. The number of hydrogen-bond acceptors (Lipinski definition) is 4. The van der Waals surface area contributed by atoms with Crippen LogP contribution in [0.1, 0.15) is 33.9 Å². The number of rotatable bonds is 5. The van der Waals surface area contributed by atoms with Crippen LogP contribution in [0.5, 0.6) is 0 Å². The minimum atomic E-state index is -0.138. The number of amides is 1. The Morgan fingerprint density at radius 3 is 2.76 bits per heavy atom. The minimum Gasteiger partial charge on any atom is -0.397 e. The summed E-state index contributed by atoms with van der Waals surface area (Å²) in [6.07, 6.45) is 2.37. The van der Waals surface area contributed by atoms with Crippen molar-refractivity contribution >= 4 is 11.6 Å². The van der Waals surface area contributed by atoms with Crippen LogP contribution < -0.4 is 11.1 Å². The zero-order chi connectivity index (χ0) is 15.4. The number of nitrogens with one attached hydrogen (secondary N) is 1. The van der Waals surface area contributed by atoms with Crippen molar-refractivity contribution in [3.8, 4) is 0 Å². The van der Waals surface area contributed by atoms with Gasteiger partial charge in [-0.05, 0) is 39.3 Å². The molecule has 0 saturated carbocycles. The predicted molar refractivity (Wildman–Crippen MR) is 82.0 cm³/mol. The highest BCUT2D eigenvalue weighted by Crippen LogP contribution is 2.09. The number of nitrogen functional groups attached to an aromatic ring is 1. The minimum absolute atomic E-state index is 0.138. The first-order valence-corrected chi connectivity index (χ1v) is 6.98. The van der Waals surface area contributed by atoms with Crippen LogP contribution in [0.3, 0.4) is 0 Å². The Bertz CT molecular complexity index is 648. The highest BCUT2D eigenvalue weighted by Gasteiger charge is 2.10. The second-order valence-corrected chi connectivity index (χ2v) is 5.16. The molecule has 0 bridgehead atoms. The lowest BCUT2D eigenvalue weighted by molar-refractivity contribution is 0.0951. The summed E-state index contributed by atoms with van der Waals surface area (Å²) >= 11 is 0. The molecule has 0 saturated heterocycles. The normalized spacial score (nSPS) is 10.6. The summed E-state index contributed by atoms with van der Waals surface area (Å²) < 4.78 is 1.95. The Morgan fingerprint density at radius 1 is 1.33 bits per heavy atom. The molecule has 0 aromatic carbocycles. The second-order valence-electron chi connectivity index (χ2n) is 5.16. The first-order chi connectivity index (χ1) is 9.97. The second kappa shape index (κ2) is 6.39. The molecule has 6 heteroatoms. The predicted octanol–water partition coefficient (Wildman–Crippen LogP) is 1.61. The summed E-state index contributed by atoms with van der Waals surface area (Å²) in [5.74, 6) is -0.138. The van der Waals surface area contributed by atoms with Gasteiger partial charge in [0.05, 0.1) is 28.8 Å². The molecule has 2 aromatic heterocycles. The fourth-order valence-electron chi connectivity index (χ4n) is 2.21. The van der Waals surface area contributed by atoms with Crippen molar-refractivity contribution in [2.45, 2.75) is 33.7 Å². The first kappa shape index (κ1) is 15.0. The molecule has 1 amide bonds. The molecule has 2 heterocycles. The largest absolute Gasteiger partial charge is 0.397 e. The molecule has 2 aromatic rings.